The zero-order chi connectivity index (χ0) is 15.5. The highest BCUT2D eigenvalue weighted by Crippen LogP contribution is 2.22. The molecule has 0 bridgehead atoms. The molecule has 4 nitrogen and oxygen atoms in total. The topological polar surface area (TPSA) is 35.6 Å². The number of benzene rings is 1. The van der Waals surface area contributed by atoms with Crippen molar-refractivity contribution in [1.29, 1.82) is 0 Å². The van der Waals surface area contributed by atoms with Crippen LogP contribution >= 0.6 is 36.4 Å². The van der Waals surface area contributed by atoms with Gasteiger partial charge in [0.1, 0.15) is 5.82 Å². The summed E-state index contributed by atoms with van der Waals surface area (Å²) >= 11 is 6.08. The number of carbonyl (C=O) groups is 1. The second-order valence-corrected chi connectivity index (χ2v) is 6.40. The van der Waals surface area contributed by atoms with Crippen LogP contribution in [0.5, 0.6) is 0 Å². The Morgan fingerprint density at radius 2 is 1.96 bits per heavy atom. The lowest BCUT2D eigenvalue weighted by molar-refractivity contribution is -0.136. The van der Waals surface area contributed by atoms with Gasteiger partial charge in [0.05, 0.1) is 5.92 Å². The Hall–Kier alpha value is -0.590. The molecule has 1 atom stereocenters. The number of hydrogen-bond acceptors (Lipinski definition) is 3. The van der Waals surface area contributed by atoms with Gasteiger partial charge in [-0.05, 0) is 25.1 Å². The number of nitrogens with one attached hydrogen (secondary N) is 1. The number of amides is 1. The minimum absolute atomic E-state index is 0. The Morgan fingerprint density at radius 1 is 1.25 bits per heavy atom. The highest BCUT2D eigenvalue weighted by atomic mass is 35.5. The largest absolute Gasteiger partial charge is 0.340 e. The molecule has 0 saturated carbocycles. The third-order valence-electron chi connectivity index (χ3n) is 4.54. The average Bonchev–Trinajstić information content (AvgIpc) is 3.05. The molecule has 2 aliphatic rings. The molecule has 1 amide bonds. The van der Waals surface area contributed by atoms with E-state index in [4.69, 9.17) is 11.6 Å². The number of rotatable bonds is 3. The summed E-state index contributed by atoms with van der Waals surface area (Å²) in [4.78, 5) is 16.5. The number of piperazine rings is 1. The van der Waals surface area contributed by atoms with Crippen LogP contribution in [0.4, 0.5) is 4.39 Å². The van der Waals surface area contributed by atoms with E-state index in [0.29, 0.717) is 30.2 Å². The quantitative estimate of drug-likeness (QED) is 0.850. The van der Waals surface area contributed by atoms with Crippen molar-refractivity contribution in [2.45, 2.75) is 13.0 Å². The molecule has 0 aliphatic carbocycles. The maximum Gasteiger partial charge on any atom is 0.227 e. The fourth-order valence-electron chi connectivity index (χ4n) is 3.16. The second kappa shape index (κ2) is 9.78. The van der Waals surface area contributed by atoms with Gasteiger partial charge < -0.3 is 10.2 Å². The monoisotopic (exact) mass is 397 g/mol. The van der Waals surface area contributed by atoms with Crippen LogP contribution in [0.15, 0.2) is 18.2 Å². The first-order valence-corrected chi connectivity index (χ1v) is 8.17. The average molecular weight is 399 g/mol. The van der Waals surface area contributed by atoms with Crippen molar-refractivity contribution in [2.75, 3.05) is 39.3 Å². The number of halogens is 4. The van der Waals surface area contributed by atoms with Gasteiger partial charge in [0.2, 0.25) is 5.91 Å². The molecular weight excluding hydrogens is 376 g/mol. The van der Waals surface area contributed by atoms with Gasteiger partial charge in [-0.3, -0.25) is 9.69 Å². The van der Waals surface area contributed by atoms with Crippen LogP contribution in [-0.4, -0.2) is 55.0 Å². The van der Waals surface area contributed by atoms with E-state index in [-0.39, 0.29) is 42.5 Å². The van der Waals surface area contributed by atoms with Gasteiger partial charge in [0, 0.05) is 49.9 Å². The minimum atomic E-state index is -0.261. The normalized spacial score (nSPS) is 21.1. The summed E-state index contributed by atoms with van der Waals surface area (Å²) in [5.41, 5.74) is 0.545. The van der Waals surface area contributed by atoms with E-state index in [2.05, 4.69) is 10.2 Å². The van der Waals surface area contributed by atoms with Crippen LogP contribution in [0.25, 0.3) is 0 Å². The molecule has 136 valence electrons. The van der Waals surface area contributed by atoms with Crippen LogP contribution in [-0.2, 0) is 11.3 Å². The predicted octanol–water partition coefficient (Wildman–Crippen LogP) is 2.58. The molecule has 1 N–H and O–H groups in total. The first-order chi connectivity index (χ1) is 10.6. The van der Waals surface area contributed by atoms with Gasteiger partial charge in [-0.15, -0.1) is 24.8 Å². The standard InChI is InChI=1S/C16H21ClFN3O.2ClH/c17-14-2-1-3-15(18)13(14)11-20-6-8-21(9-7-20)16(22)12-4-5-19-10-12;;/h1-3,12,19H,4-11H2;2*1H. The van der Waals surface area contributed by atoms with Crippen molar-refractivity contribution in [3.8, 4) is 0 Å². The summed E-state index contributed by atoms with van der Waals surface area (Å²) in [6.07, 6.45) is 0.934. The molecule has 1 aromatic carbocycles. The maximum absolute atomic E-state index is 13.8. The second-order valence-electron chi connectivity index (χ2n) is 5.99. The molecule has 0 radical (unpaired) electrons. The van der Waals surface area contributed by atoms with Crippen molar-refractivity contribution < 1.29 is 9.18 Å². The molecular formula is C16H23Cl3FN3O. The molecule has 3 rings (SSSR count). The van der Waals surface area contributed by atoms with Gasteiger partial charge in [-0.25, -0.2) is 4.39 Å². The summed E-state index contributed by atoms with van der Waals surface area (Å²) < 4.78 is 13.8. The van der Waals surface area contributed by atoms with Gasteiger partial charge in [-0.2, -0.15) is 0 Å². The molecule has 0 aromatic heterocycles. The number of carbonyl (C=O) groups excluding carboxylic acids is 1. The first-order valence-electron chi connectivity index (χ1n) is 7.80. The summed E-state index contributed by atoms with van der Waals surface area (Å²) in [6.45, 7) is 5.17. The molecule has 8 heteroatoms. The zero-order valence-corrected chi connectivity index (χ0v) is 15.7. The molecule has 2 aliphatic heterocycles. The van der Waals surface area contributed by atoms with Crippen LogP contribution in [0.1, 0.15) is 12.0 Å². The van der Waals surface area contributed by atoms with Crippen molar-refractivity contribution >= 4 is 42.3 Å². The van der Waals surface area contributed by atoms with E-state index < -0.39 is 0 Å². The van der Waals surface area contributed by atoms with E-state index in [1.54, 1.807) is 12.1 Å². The van der Waals surface area contributed by atoms with Gasteiger partial charge >= 0.3 is 0 Å². The minimum Gasteiger partial charge on any atom is -0.340 e. The molecule has 1 aromatic rings. The first kappa shape index (κ1) is 21.5. The Bertz CT molecular complexity index is 527. The summed E-state index contributed by atoms with van der Waals surface area (Å²) in [6, 6.07) is 4.77. The molecule has 0 spiro atoms. The molecule has 1 unspecified atom stereocenters. The zero-order valence-electron chi connectivity index (χ0n) is 13.3. The Kier molecular flexibility index (Phi) is 8.74. The molecule has 2 saturated heterocycles. The Morgan fingerprint density at radius 3 is 2.54 bits per heavy atom. The number of hydrogen-bond donors (Lipinski definition) is 1. The highest BCUT2D eigenvalue weighted by Gasteiger charge is 2.29. The lowest BCUT2D eigenvalue weighted by atomic mass is 10.1. The molecule has 24 heavy (non-hydrogen) atoms. The van der Waals surface area contributed by atoms with Crippen LogP contribution in [0.3, 0.4) is 0 Å². The summed E-state index contributed by atoms with van der Waals surface area (Å²) in [5.74, 6) is 0.129. The summed E-state index contributed by atoms with van der Waals surface area (Å²) in [7, 11) is 0. The third kappa shape index (κ3) is 4.96. The van der Waals surface area contributed by atoms with Crippen molar-refractivity contribution in [1.82, 2.24) is 15.1 Å². The van der Waals surface area contributed by atoms with E-state index in [9.17, 15) is 9.18 Å². The van der Waals surface area contributed by atoms with E-state index in [1.165, 1.54) is 6.07 Å². The lowest BCUT2D eigenvalue weighted by Gasteiger charge is -2.36. The Labute approximate surface area is 159 Å². The molecule has 2 heterocycles. The van der Waals surface area contributed by atoms with Crippen molar-refractivity contribution in [3.63, 3.8) is 0 Å². The van der Waals surface area contributed by atoms with Gasteiger partial charge in [-0.1, -0.05) is 17.7 Å². The summed E-state index contributed by atoms with van der Waals surface area (Å²) in [5, 5.41) is 3.70. The van der Waals surface area contributed by atoms with E-state index in [1.807, 2.05) is 4.90 Å². The van der Waals surface area contributed by atoms with Gasteiger partial charge in [0.15, 0.2) is 0 Å². The van der Waals surface area contributed by atoms with E-state index >= 15 is 0 Å². The Balaban J connectivity index is 0.00000144. The van der Waals surface area contributed by atoms with Crippen LogP contribution < -0.4 is 5.32 Å². The van der Waals surface area contributed by atoms with Crippen LogP contribution in [0.2, 0.25) is 5.02 Å². The van der Waals surface area contributed by atoms with Crippen LogP contribution in [0, 0.1) is 11.7 Å². The van der Waals surface area contributed by atoms with Crippen molar-refractivity contribution in [2.24, 2.45) is 5.92 Å². The smallest absolute Gasteiger partial charge is 0.227 e. The highest BCUT2D eigenvalue weighted by molar-refractivity contribution is 6.31. The number of nitrogens with zero attached hydrogens (tertiary/aromatic N) is 2. The van der Waals surface area contributed by atoms with E-state index in [0.717, 1.165) is 32.6 Å². The molecule has 2 fully saturated rings. The maximum atomic E-state index is 13.8. The lowest BCUT2D eigenvalue weighted by Crippen LogP contribution is -2.50. The third-order valence-corrected chi connectivity index (χ3v) is 4.89. The fraction of sp³-hybridized carbons (Fsp3) is 0.562. The van der Waals surface area contributed by atoms with Gasteiger partial charge in [0.25, 0.3) is 0 Å². The van der Waals surface area contributed by atoms with Crippen molar-refractivity contribution in [3.05, 3.63) is 34.6 Å². The SMILES string of the molecule is Cl.Cl.O=C(C1CCNC1)N1CCN(Cc2c(F)cccc2Cl)CC1. The predicted molar refractivity (Wildman–Crippen MR) is 98.7 cm³/mol. The fourth-order valence-corrected chi connectivity index (χ4v) is 3.38.